The van der Waals surface area contributed by atoms with E-state index in [1.165, 1.54) is 5.56 Å². The number of phenolic OH excluding ortho intramolecular Hbond substituents is 1. The van der Waals surface area contributed by atoms with Crippen molar-refractivity contribution in [3.63, 3.8) is 0 Å². The first-order valence-corrected chi connectivity index (χ1v) is 19.0. The van der Waals surface area contributed by atoms with E-state index in [9.17, 15) is 5.11 Å². The summed E-state index contributed by atoms with van der Waals surface area (Å²) in [6.07, 6.45) is 1.91. The van der Waals surface area contributed by atoms with E-state index in [2.05, 4.69) is 121 Å². The quantitative estimate of drug-likeness (QED) is 0.129. The number of benzene rings is 5. The van der Waals surface area contributed by atoms with Gasteiger partial charge in [-0.2, -0.15) is 0 Å². The molecule has 0 spiro atoms. The van der Waals surface area contributed by atoms with Crippen molar-refractivity contribution in [2.75, 3.05) is 0 Å². The molecule has 46 heavy (non-hydrogen) atoms. The van der Waals surface area contributed by atoms with E-state index in [0.29, 0.717) is 11.4 Å². The van der Waals surface area contributed by atoms with Crippen LogP contribution in [0.3, 0.4) is 0 Å². The van der Waals surface area contributed by atoms with Gasteiger partial charge in [-0.15, -0.1) is 29.8 Å². The molecule has 4 nitrogen and oxygen atoms in total. The van der Waals surface area contributed by atoms with Crippen LogP contribution < -0.4 is 0 Å². The number of fused-ring (bicyclic) bond motifs is 1. The van der Waals surface area contributed by atoms with E-state index < -0.39 is 8.07 Å². The van der Waals surface area contributed by atoms with E-state index in [1.54, 1.807) is 6.07 Å². The van der Waals surface area contributed by atoms with Gasteiger partial charge < -0.3 is 5.11 Å². The first-order valence-electron chi connectivity index (χ1n) is 15.3. The third-order valence-electron chi connectivity index (χ3n) is 7.98. The molecule has 2 aromatic heterocycles. The number of phenols is 1. The van der Waals surface area contributed by atoms with Crippen LogP contribution in [-0.2, 0) is 27.1 Å². The monoisotopic (exact) mass is 795 g/mol. The number of hydrogen-bond donors (Lipinski definition) is 1. The molecular weight excluding hydrogens is 762 g/mol. The van der Waals surface area contributed by atoms with Crippen LogP contribution in [0, 0.1) is 6.07 Å². The smallest absolute Gasteiger partial charge is 0.148 e. The number of nitrogens with zero attached hydrogens (tertiary/aromatic N) is 3. The van der Waals surface area contributed by atoms with Gasteiger partial charge in [-0.05, 0) is 41.9 Å². The van der Waals surface area contributed by atoms with Crippen molar-refractivity contribution >= 4 is 19.1 Å². The number of aromatic nitrogens is 3. The third-order valence-corrected chi connectivity index (χ3v) is 9.45. The largest absolute Gasteiger partial charge is 0.507 e. The molecule has 0 saturated carbocycles. The second-order valence-electron chi connectivity index (χ2n) is 12.6. The number of pyridine rings is 1. The Morgan fingerprint density at radius 3 is 2.15 bits per heavy atom. The summed E-state index contributed by atoms with van der Waals surface area (Å²) in [5.41, 5.74) is 10.8. The summed E-state index contributed by atoms with van der Waals surface area (Å²) in [7, 11) is -1.27. The maximum atomic E-state index is 11.0. The molecule has 2 heterocycles. The van der Waals surface area contributed by atoms with Crippen LogP contribution >= 0.6 is 0 Å². The Kier molecular flexibility index (Phi) is 8.90. The Morgan fingerprint density at radius 2 is 1.37 bits per heavy atom. The maximum Gasteiger partial charge on any atom is 0.148 e. The Balaban J connectivity index is 0.00000372. The summed E-state index contributed by atoms with van der Waals surface area (Å²) < 4.78 is 2.17. The van der Waals surface area contributed by atoms with Gasteiger partial charge in [-0.1, -0.05) is 115 Å². The van der Waals surface area contributed by atoms with Crippen molar-refractivity contribution in [1.29, 1.82) is 0 Å². The minimum atomic E-state index is -1.27. The Hall–Kier alpha value is -4.57. The third kappa shape index (κ3) is 6.26. The molecule has 0 aliphatic carbocycles. The van der Waals surface area contributed by atoms with Crippen molar-refractivity contribution in [2.24, 2.45) is 0 Å². The van der Waals surface area contributed by atoms with Crippen LogP contribution in [-0.4, -0.2) is 27.7 Å². The molecule has 0 saturated heterocycles. The number of para-hydroxylation sites is 3. The normalized spacial score (nSPS) is 11.4. The van der Waals surface area contributed by atoms with Gasteiger partial charge in [0.2, 0.25) is 0 Å². The molecule has 0 atom stereocenters. The Bertz CT molecular complexity index is 2150. The Morgan fingerprint density at radius 1 is 0.696 bits per heavy atom. The number of aromatic hydroxyl groups is 1. The van der Waals surface area contributed by atoms with Crippen molar-refractivity contribution < 1.29 is 26.2 Å². The van der Waals surface area contributed by atoms with Gasteiger partial charge >= 0.3 is 0 Å². The molecule has 1 N–H and O–H groups in total. The fraction of sp³-hybridized carbons (Fsp3) is 0.100. The minimum absolute atomic E-state index is 0. The second-order valence-corrected chi connectivity index (χ2v) is 18.1. The molecule has 0 bridgehead atoms. The molecule has 5 aromatic carbocycles. The van der Waals surface area contributed by atoms with E-state index in [0.717, 1.165) is 56.3 Å². The van der Waals surface area contributed by atoms with Crippen LogP contribution in [0.25, 0.3) is 61.6 Å². The predicted molar refractivity (Wildman–Crippen MR) is 188 cm³/mol. The molecule has 0 unspecified atom stereocenters. The predicted octanol–water partition coefficient (Wildman–Crippen LogP) is 10.0. The average molecular weight is 796 g/mol. The number of hydrogen-bond acceptors (Lipinski definition) is 3. The van der Waals surface area contributed by atoms with Gasteiger partial charge in [0, 0.05) is 46.6 Å². The SMILES string of the molecule is C[Si](C)(C)Cc1ccnc(-c2[c-]c(-c3cccc4c3nc(-c3ccccc3O)n4-c3ccccc3-c3ccccc3)ccc2)c1.[Pt]. The summed E-state index contributed by atoms with van der Waals surface area (Å²) >= 11 is 0. The summed E-state index contributed by atoms with van der Waals surface area (Å²) in [5.74, 6) is 0.862. The van der Waals surface area contributed by atoms with E-state index >= 15 is 0 Å². The number of imidazole rings is 1. The summed E-state index contributed by atoms with van der Waals surface area (Å²) in [5, 5.41) is 11.0. The molecule has 0 aliphatic rings. The van der Waals surface area contributed by atoms with Gasteiger partial charge in [0.1, 0.15) is 11.6 Å². The number of rotatable bonds is 7. The summed E-state index contributed by atoms with van der Waals surface area (Å²) in [6, 6.07) is 47.8. The van der Waals surface area contributed by atoms with Gasteiger partial charge in [0.25, 0.3) is 0 Å². The maximum absolute atomic E-state index is 11.0. The zero-order valence-electron chi connectivity index (χ0n) is 26.0. The second kappa shape index (κ2) is 13.0. The Labute approximate surface area is 285 Å². The van der Waals surface area contributed by atoms with Gasteiger partial charge in [-0.3, -0.25) is 9.55 Å². The van der Waals surface area contributed by atoms with Gasteiger partial charge in [0.05, 0.1) is 22.3 Å². The van der Waals surface area contributed by atoms with Gasteiger partial charge in [-0.25, -0.2) is 4.98 Å². The molecule has 7 rings (SSSR count). The van der Waals surface area contributed by atoms with Crippen LogP contribution in [0.4, 0.5) is 0 Å². The van der Waals surface area contributed by atoms with E-state index in [4.69, 9.17) is 9.97 Å². The molecule has 6 heteroatoms. The van der Waals surface area contributed by atoms with Crippen molar-refractivity contribution in [3.8, 4) is 56.3 Å². The van der Waals surface area contributed by atoms with Gasteiger partial charge in [0.15, 0.2) is 0 Å². The van der Waals surface area contributed by atoms with Crippen LogP contribution in [0.1, 0.15) is 5.56 Å². The van der Waals surface area contributed by atoms with Crippen LogP contribution in [0.5, 0.6) is 5.75 Å². The van der Waals surface area contributed by atoms with Crippen molar-refractivity contribution in [1.82, 2.24) is 14.5 Å². The first-order chi connectivity index (χ1) is 21.9. The van der Waals surface area contributed by atoms with E-state index in [-0.39, 0.29) is 26.8 Å². The molecular formula is C40H34N3OPtSi-. The standard InChI is InChI=1S/C40H34N3OSi.Pt/c1-45(2,3)27-28-23-24-41-35(25-28)31-16-11-15-30(26-31)33-19-12-21-37-39(33)42-40(34-18-8-10-22-38(34)44)43(37)36-20-9-7-17-32(36)29-13-5-4-6-14-29;/h4-25,44H,27H2,1-3H3;/q-1;. The summed E-state index contributed by atoms with van der Waals surface area (Å²) in [4.78, 5) is 9.98. The molecule has 230 valence electrons. The first kappa shape index (κ1) is 31.4. The van der Waals surface area contributed by atoms with Crippen molar-refractivity contribution in [2.45, 2.75) is 25.7 Å². The molecule has 0 amide bonds. The van der Waals surface area contributed by atoms with Crippen molar-refractivity contribution in [3.05, 3.63) is 145 Å². The zero-order chi connectivity index (χ0) is 31.0. The average Bonchev–Trinajstić information content (AvgIpc) is 3.44. The van der Waals surface area contributed by atoms with Crippen LogP contribution in [0.15, 0.2) is 134 Å². The fourth-order valence-electron chi connectivity index (χ4n) is 6.05. The minimum Gasteiger partial charge on any atom is -0.507 e. The zero-order valence-corrected chi connectivity index (χ0v) is 29.3. The fourth-order valence-corrected chi connectivity index (χ4v) is 7.50. The molecule has 7 aromatic rings. The molecule has 0 aliphatic heterocycles. The summed E-state index contributed by atoms with van der Waals surface area (Å²) in [6.45, 7) is 7.17. The molecule has 0 fully saturated rings. The molecule has 0 radical (unpaired) electrons. The van der Waals surface area contributed by atoms with E-state index in [1.807, 2.05) is 36.5 Å². The topological polar surface area (TPSA) is 50.9 Å². The van der Waals surface area contributed by atoms with Crippen LogP contribution in [0.2, 0.25) is 19.6 Å².